The van der Waals surface area contributed by atoms with E-state index in [9.17, 15) is 4.79 Å². The summed E-state index contributed by atoms with van der Waals surface area (Å²) >= 11 is 0. The van der Waals surface area contributed by atoms with Crippen molar-refractivity contribution in [2.75, 3.05) is 6.54 Å². The van der Waals surface area contributed by atoms with E-state index in [4.69, 9.17) is 0 Å². The number of hydrogen-bond acceptors (Lipinski definition) is 1. The monoisotopic (exact) mass is 245 g/mol. The Morgan fingerprint density at radius 3 is 2.33 bits per heavy atom. The third-order valence-corrected chi connectivity index (χ3v) is 4.20. The Bertz CT molecular complexity index is 391. The maximum atomic E-state index is 12.0. The van der Waals surface area contributed by atoms with Gasteiger partial charge in [0.1, 0.15) is 0 Å². The van der Waals surface area contributed by atoms with Crippen molar-refractivity contribution in [1.82, 2.24) is 5.32 Å². The van der Waals surface area contributed by atoms with Gasteiger partial charge in [0.15, 0.2) is 0 Å². The fraction of sp³-hybridized carbons (Fsp3) is 0.562. The highest BCUT2D eigenvalue weighted by Gasteiger charge is 2.44. The molecular formula is C16H23NO. The van der Waals surface area contributed by atoms with Gasteiger partial charge in [-0.3, -0.25) is 4.79 Å². The number of benzene rings is 1. The molecular weight excluding hydrogens is 222 g/mol. The van der Waals surface area contributed by atoms with Gasteiger partial charge in [0.25, 0.3) is 0 Å². The predicted molar refractivity (Wildman–Crippen MR) is 74.4 cm³/mol. The second kappa shape index (κ2) is 5.55. The summed E-state index contributed by atoms with van der Waals surface area (Å²) in [5, 5.41) is 3.15. The number of amides is 1. The first-order valence-electron chi connectivity index (χ1n) is 7.05. The topological polar surface area (TPSA) is 29.1 Å². The summed E-state index contributed by atoms with van der Waals surface area (Å²) < 4.78 is 0. The van der Waals surface area contributed by atoms with Crippen LogP contribution in [0, 0.1) is 5.92 Å². The fourth-order valence-corrected chi connectivity index (χ4v) is 2.57. The first-order chi connectivity index (χ1) is 8.72. The maximum absolute atomic E-state index is 12.0. The second-order valence-electron chi connectivity index (χ2n) is 5.38. The van der Waals surface area contributed by atoms with Crippen LogP contribution >= 0.6 is 0 Å². The molecule has 18 heavy (non-hydrogen) atoms. The van der Waals surface area contributed by atoms with Crippen LogP contribution in [0.1, 0.15) is 45.1 Å². The molecule has 2 nitrogen and oxygen atoms in total. The third-order valence-electron chi connectivity index (χ3n) is 4.20. The zero-order valence-corrected chi connectivity index (χ0v) is 11.4. The average Bonchev–Trinajstić information content (AvgIpc) is 3.20. The molecule has 1 aliphatic carbocycles. The zero-order valence-electron chi connectivity index (χ0n) is 11.4. The quantitative estimate of drug-likeness (QED) is 0.819. The molecule has 0 bridgehead atoms. The summed E-state index contributed by atoms with van der Waals surface area (Å²) in [5.74, 6) is 0.402. The molecule has 1 fully saturated rings. The third kappa shape index (κ3) is 2.74. The van der Waals surface area contributed by atoms with Gasteiger partial charge in [-0.25, -0.2) is 0 Å². The SMILES string of the molecule is CCC(CC)C(=O)NCC1(c2ccccc2)CC1. The Morgan fingerprint density at radius 1 is 1.22 bits per heavy atom. The van der Waals surface area contributed by atoms with Crippen molar-refractivity contribution in [2.24, 2.45) is 5.92 Å². The minimum absolute atomic E-state index is 0.177. The van der Waals surface area contributed by atoms with Crippen LogP contribution in [0.25, 0.3) is 0 Å². The Morgan fingerprint density at radius 2 is 1.83 bits per heavy atom. The highest BCUT2D eigenvalue weighted by Crippen LogP contribution is 2.47. The van der Waals surface area contributed by atoms with Gasteiger partial charge in [-0.1, -0.05) is 44.2 Å². The van der Waals surface area contributed by atoms with Gasteiger partial charge in [-0.05, 0) is 31.2 Å². The Kier molecular flexibility index (Phi) is 4.05. The molecule has 0 radical (unpaired) electrons. The lowest BCUT2D eigenvalue weighted by atomic mass is 9.95. The van der Waals surface area contributed by atoms with Crippen LogP contribution in [0.2, 0.25) is 0 Å². The van der Waals surface area contributed by atoms with Gasteiger partial charge in [0, 0.05) is 17.9 Å². The minimum Gasteiger partial charge on any atom is -0.355 e. The van der Waals surface area contributed by atoms with Crippen molar-refractivity contribution >= 4 is 5.91 Å². The average molecular weight is 245 g/mol. The second-order valence-corrected chi connectivity index (χ2v) is 5.38. The van der Waals surface area contributed by atoms with Gasteiger partial charge in [0.05, 0.1) is 0 Å². The predicted octanol–water partition coefficient (Wildman–Crippen LogP) is 3.27. The molecule has 1 amide bonds. The number of hydrogen-bond donors (Lipinski definition) is 1. The summed E-state index contributed by atoms with van der Waals surface area (Å²) in [7, 11) is 0. The molecule has 0 heterocycles. The molecule has 1 aromatic carbocycles. The lowest BCUT2D eigenvalue weighted by Gasteiger charge is -2.19. The van der Waals surface area contributed by atoms with E-state index in [2.05, 4.69) is 43.4 Å². The first kappa shape index (κ1) is 13.1. The lowest BCUT2D eigenvalue weighted by Crippen LogP contribution is -2.36. The van der Waals surface area contributed by atoms with Crippen molar-refractivity contribution in [3.8, 4) is 0 Å². The highest BCUT2D eigenvalue weighted by molar-refractivity contribution is 5.78. The molecule has 2 heteroatoms. The first-order valence-corrected chi connectivity index (χ1v) is 7.05. The van der Waals surface area contributed by atoms with Crippen LogP contribution in [-0.2, 0) is 10.2 Å². The van der Waals surface area contributed by atoms with E-state index in [1.165, 1.54) is 18.4 Å². The fourth-order valence-electron chi connectivity index (χ4n) is 2.57. The van der Waals surface area contributed by atoms with E-state index in [1.54, 1.807) is 0 Å². The highest BCUT2D eigenvalue weighted by atomic mass is 16.1. The summed E-state index contributed by atoms with van der Waals surface area (Å²) in [6.45, 7) is 4.96. The van der Waals surface area contributed by atoms with Crippen molar-refractivity contribution in [3.05, 3.63) is 35.9 Å². The van der Waals surface area contributed by atoms with E-state index in [-0.39, 0.29) is 17.2 Å². The van der Waals surface area contributed by atoms with Gasteiger partial charge in [-0.15, -0.1) is 0 Å². The molecule has 98 valence electrons. The number of carbonyl (C=O) groups excluding carboxylic acids is 1. The Balaban J connectivity index is 1.93. The van der Waals surface area contributed by atoms with Crippen LogP contribution in [0.5, 0.6) is 0 Å². The van der Waals surface area contributed by atoms with E-state index in [1.807, 2.05) is 6.07 Å². The van der Waals surface area contributed by atoms with Crippen LogP contribution in [-0.4, -0.2) is 12.5 Å². The van der Waals surface area contributed by atoms with Gasteiger partial charge in [-0.2, -0.15) is 0 Å². The van der Waals surface area contributed by atoms with Crippen LogP contribution < -0.4 is 5.32 Å². The normalized spacial score (nSPS) is 16.6. The molecule has 1 saturated carbocycles. The molecule has 0 aliphatic heterocycles. The number of rotatable bonds is 6. The van der Waals surface area contributed by atoms with Crippen LogP contribution in [0.4, 0.5) is 0 Å². The zero-order chi connectivity index (χ0) is 13.0. The van der Waals surface area contributed by atoms with E-state index >= 15 is 0 Å². The van der Waals surface area contributed by atoms with E-state index in [0.717, 1.165) is 19.4 Å². The summed E-state index contributed by atoms with van der Waals surface area (Å²) in [4.78, 5) is 12.0. The molecule has 0 saturated heterocycles. The Labute approximate surface area is 110 Å². The maximum Gasteiger partial charge on any atom is 0.223 e. The van der Waals surface area contributed by atoms with Gasteiger partial charge >= 0.3 is 0 Å². The molecule has 1 aromatic rings. The lowest BCUT2D eigenvalue weighted by molar-refractivity contribution is -0.125. The molecule has 2 rings (SSSR count). The molecule has 1 N–H and O–H groups in total. The van der Waals surface area contributed by atoms with Gasteiger partial charge < -0.3 is 5.32 Å². The van der Waals surface area contributed by atoms with Crippen molar-refractivity contribution in [1.29, 1.82) is 0 Å². The standard InChI is InChI=1S/C16H23NO/c1-3-13(4-2)15(18)17-12-16(10-11-16)14-8-6-5-7-9-14/h5-9,13H,3-4,10-12H2,1-2H3,(H,17,18). The summed E-state index contributed by atoms with van der Waals surface area (Å²) in [5.41, 5.74) is 1.60. The molecule has 1 aliphatic rings. The Hall–Kier alpha value is -1.31. The molecule has 0 aromatic heterocycles. The molecule has 0 spiro atoms. The van der Waals surface area contributed by atoms with E-state index < -0.39 is 0 Å². The minimum atomic E-state index is 0.177. The molecule has 0 unspecified atom stereocenters. The van der Waals surface area contributed by atoms with Crippen molar-refractivity contribution in [2.45, 2.75) is 44.9 Å². The van der Waals surface area contributed by atoms with E-state index in [0.29, 0.717) is 0 Å². The number of carbonyl (C=O) groups is 1. The molecule has 0 atom stereocenters. The summed E-state index contributed by atoms with van der Waals surface area (Å²) in [6, 6.07) is 10.6. The summed E-state index contributed by atoms with van der Waals surface area (Å²) in [6.07, 6.45) is 4.25. The van der Waals surface area contributed by atoms with Crippen LogP contribution in [0.15, 0.2) is 30.3 Å². The van der Waals surface area contributed by atoms with Gasteiger partial charge in [0.2, 0.25) is 5.91 Å². The van der Waals surface area contributed by atoms with Crippen molar-refractivity contribution < 1.29 is 4.79 Å². The van der Waals surface area contributed by atoms with Crippen molar-refractivity contribution in [3.63, 3.8) is 0 Å². The van der Waals surface area contributed by atoms with Crippen LogP contribution in [0.3, 0.4) is 0 Å². The number of nitrogens with one attached hydrogen (secondary N) is 1. The smallest absolute Gasteiger partial charge is 0.223 e. The largest absolute Gasteiger partial charge is 0.355 e.